The van der Waals surface area contributed by atoms with Gasteiger partial charge in [0, 0.05) is 44.2 Å². The zero-order chi connectivity index (χ0) is 17.8. The summed E-state index contributed by atoms with van der Waals surface area (Å²) in [5.41, 5.74) is 7.63. The van der Waals surface area contributed by atoms with Crippen molar-refractivity contribution in [1.29, 1.82) is 0 Å². The van der Waals surface area contributed by atoms with Crippen molar-refractivity contribution >= 4 is 5.91 Å². The van der Waals surface area contributed by atoms with Crippen LogP contribution in [0.25, 0.3) is 0 Å². The summed E-state index contributed by atoms with van der Waals surface area (Å²) in [4.78, 5) is 19.0. The molecule has 1 amide bonds. The summed E-state index contributed by atoms with van der Waals surface area (Å²) in [5.74, 6) is 0.830. The molecule has 1 aromatic carbocycles. The number of nitrogens with one attached hydrogen (secondary N) is 2. The molecule has 4 rings (SSSR count). The van der Waals surface area contributed by atoms with Gasteiger partial charge in [-0.2, -0.15) is 0 Å². The van der Waals surface area contributed by atoms with Crippen LogP contribution in [0.2, 0.25) is 0 Å². The third kappa shape index (κ3) is 3.86. The number of carbonyl (C=O) groups is 1. The summed E-state index contributed by atoms with van der Waals surface area (Å²) in [6, 6.07) is 15.9. The van der Waals surface area contributed by atoms with E-state index in [1.54, 1.807) is 6.20 Å². The van der Waals surface area contributed by atoms with Crippen molar-refractivity contribution in [2.45, 2.75) is 37.5 Å². The smallest absolute Gasteiger partial charge is 0.241 e. The molecule has 6 heteroatoms. The summed E-state index contributed by atoms with van der Waals surface area (Å²) in [6.45, 7) is 1.45. The van der Waals surface area contributed by atoms with Gasteiger partial charge in [0.1, 0.15) is 12.1 Å². The van der Waals surface area contributed by atoms with E-state index in [9.17, 15) is 4.79 Å². The van der Waals surface area contributed by atoms with Crippen LogP contribution in [0, 0.1) is 0 Å². The fraction of sp³-hybridized carbons (Fsp3) is 0.400. The SMILES string of the molecule is O=C(C1CC(c2ccccc2)NN1)N1CCC(Oc2ccccn2)CC1. The van der Waals surface area contributed by atoms with Crippen LogP contribution in [0.5, 0.6) is 5.88 Å². The van der Waals surface area contributed by atoms with Gasteiger partial charge < -0.3 is 9.64 Å². The average Bonchev–Trinajstić information content (AvgIpc) is 3.20. The minimum absolute atomic E-state index is 0.126. The van der Waals surface area contributed by atoms with E-state index in [0.717, 1.165) is 32.4 Å². The Morgan fingerprint density at radius 2 is 1.81 bits per heavy atom. The molecule has 0 aliphatic carbocycles. The number of amides is 1. The Morgan fingerprint density at radius 1 is 1.04 bits per heavy atom. The molecule has 2 atom stereocenters. The number of ether oxygens (including phenoxy) is 1. The van der Waals surface area contributed by atoms with Crippen LogP contribution in [0.1, 0.15) is 30.9 Å². The predicted octanol–water partition coefficient (Wildman–Crippen LogP) is 2.06. The van der Waals surface area contributed by atoms with Gasteiger partial charge in [-0.15, -0.1) is 0 Å². The Morgan fingerprint density at radius 3 is 2.54 bits per heavy atom. The first kappa shape index (κ1) is 17.0. The lowest BCUT2D eigenvalue weighted by molar-refractivity contribution is -0.135. The van der Waals surface area contributed by atoms with Gasteiger partial charge in [-0.1, -0.05) is 36.4 Å². The van der Waals surface area contributed by atoms with Gasteiger partial charge >= 0.3 is 0 Å². The van der Waals surface area contributed by atoms with E-state index < -0.39 is 0 Å². The summed E-state index contributed by atoms with van der Waals surface area (Å²) < 4.78 is 5.91. The Labute approximate surface area is 153 Å². The Kier molecular flexibility index (Phi) is 5.13. The van der Waals surface area contributed by atoms with E-state index in [4.69, 9.17) is 4.74 Å². The molecule has 2 saturated heterocycles. The quantitative estimate of drug-likeness (QED) is 0.882. The summed E-state index contributed by atoms with van der Waals surface area (Å²) >= 11 is 0. The van der Waals surface area contributed by atoms with E-state index in [-0.39, 0.29) is 24.1 Å². The molecule has 0 bridgehead atoms. The molecular formula is C20H24N4O2. The average molecular weight is 352 g/mol. The standard InChI is InChI=1S/C20H24N4O2/c25-20(18-14-17(22-23-18)15-6-2-1-3-7-15)24-12-9-16(10-13-24)26-19-8-4-5-11-21-19/h1-8,11,16-18,22-23H,9-10,12-14H2. The largest absolute Gasteiger partial charge is 0.474 e. The number of pyridine rings is 1. The highest BCUT2D eigenvalue weighted by Crippen LogP contribution is 2.24. The Balaban J connectivity index is 1.27. The van der Waals surface area contributed by atoms with E-state index in [0.29, 0.717) is 5.88 Å². The highest BCUT2D eigenvalue weighted by molar-refractivity contribution is 5.82. The van der Waals surface area contributed by atoms with Crippen molar-refractivity contribution in [3.63, 3.8) is 0 Å². The molecular weight excluding hydrogens is 328 g/mol. The first-order valence-electron chi connectivity index (χ1n) is 9.22. The van der Waals surface area contributed by atoms with Gasteiger partial charge in [0.15, 0.2) is 0 Å². The van der Waals surface area contributed by atoms with Crippen LogP contribution in [0.15, 0.2) is 54.7 Å². The van der Waals surface area contributed by atoms with Gasteiger partial charge in [0.25, 0.3) is 0 Å². The van der Waals surface area contributed by atoms with E-state index in [2.05, 4.69) is 28.0 Å². The number of aromatic nitrogens is 1. The van der Waals surface area contributed by atoms with Crippen LogP contribution in [-0.4, -0.2) is 41.0 Å². The number of likely N-dealkylation sites (tertiary alicyclic amines) is 1. The number of piperidine rings is 1. The maximum atomic E-state index is 12.8. The normalized spacial score (nSPS) is 23.8. The van der Waals surface area contributed by atoms with Gasteiger partial charge in [-0.3, -0.25) is 4.79 Å². The van der Waals surface area contributed by atoms with Gasteiger partial charge in [-0.05, 0) is 18.1 Å². The molecule has 0 saturated carbocycles. The predicted molar refractivity (Wildman–Crippen MR) is 98.3 cm³/mol. The Hall–Kier alpha value is -2.44. The van der Waals surface area contributed by atoms with Crippen molar-refractivity contribution in [3.05, 3.63) is 60.3 Å². The highest BCUT2D eigenvalue weighted by atomic mass is 16.5. The van der Waals surface area contributed by atoms with Gasteiger partial charge in [0.2, 0.25) is 11.8 Å². The zero-order valence-corrected chi connectivity index (χ0v) is 14.7. The highest BCUT2D eigenvalue weighted by Gasteiger charge is 2.34. The molecule has 136 valence electrons. The molecule has 0 radical (unpaired) electrons. The van der Waals surface area contributed by atoms with Crippen LogP contribution in [0.3, 0.4) is 0 Å². The zero-order valence-electron chi connectivity index (χ0n) is 14.7. The maximum Gasteiger partial charge on any atom is 0.241 e. The van der Waals surface area contributed by atoms with Gasteiger partial charge in [-0.25, -0.2) is 15.8 Å². The second-order valence-electron chi connectivity index (χ2n) is 6.85. The minimum Gasteiger partial charge on any atom is -0.474 e. The second kappa shape index (κ2) is 7.85. The molecule has 0 spiro atoms. The number of nitrogens with zero attached hydrogens (tertiary/aromatic N) is 2. The molecule has 6 nitrogen and oxygen atoms in total. The van der Waals surface area contributed by atoms with Crippen LogP contribution < -0.4 is 15.6 Å². The van der Waals surface area contributed by atoms with Crippen LogP contribution in [-0.2, 0) is 4.79 Å². The summed E-state index contributed by atoms with van der Waals surface area (Å²) in [5, 5.41) is 0. The second-order valence-corrected chi connectivity index (χ2v) is 6.85. The molecule has 2 aliphatic heterocycles. The maximum absolute atomic E-state index is 12.8. The first-order valence-corrected chi connectivity index (χ1v) is 9.22. The van der Waals surface area contributed by atoms with E-state index in [1.165, 1.54) is 5.56 Å². The lowest BCUT2D eigenvalue weighted by Crippen LogP contribution is -2.49. The van der Waals surface area contributed by atoms with Crippen molar-refractivity contribution in [3.8, 4) is 5.88 Å². The molecule has 3 heterocycles. The molecule has 26 heavy (non-hydrogen) atoms. The minimum atomic E-state index is -0.173. The monoisotopic (exact) mass is 352 g/mol. The third-order valence-electron chi connectivity index (χ3n) is 5.08. The lowest BCUT2D eigenvalue weighted by atomic mass is 10.0. The van der Waals surface area contributed by atoms with Crippen molar-refractivity contribution in [1.82, 2.24) is 20.7 Å². The molecule has 1 aromatic heterocycles. The number of hydrazine groups is 1. The summed E-state index contributed by atoms with van der Waals surface area (Å²) in [6.07, 6.45) is 4.30. The number of hydrogen-bond acceptors (Lipinski definition) is 5. The van der Waals surface area contributed by atoms with Crippen LogP contribution >= 0.6 is 0 Å². The number of rotatable bonds is 4. The van der Waals surface area contributed by atoms with E-state index >= 15 is 0 Å². The molecule has 2 unspecified atom stereocenters. The van der Waals surface area contributed by atoms with Gasteiger partial charge in [0.05, 0.1) is 0 Å². The Bertz CT molecular complexity index is 717. The summed E-state index contributed by atoms with van der Waals surface area (Å²) in [7, 11) is 0. The number of hydrogen-bond donors (Lipinski definition) is 2. The van der Waals surface area contributed by atoms with Crippen molar-refractivity contribution in [2.24, 2.45) is 0 Å². The number of benzene rings is 1. The lowest BCUT2D eigenvalue weighted by Gasteiger charge is -2.33. The molecule has 2 fully saturated rings. The molecule has 2 aliphatic rings. The fourth-order valence-corrected chi connectivity index (χ4v) is 3.62. The topological polar surface area (TPSA) is 66.5 Å². The van der Waals surface area contributed by atoms with Crippen molar-refractivity contribution < 1.29 is 9.53 Å². The van der Waals surface area contributed by atoms with Crippen molar-refractivity contribution in [2.75, 3.05) is 13.1 Å². The molecule has 2 N–H and O–H groups in total. The van der Waals surface area contributed by atoms with E-state index in [1.807, 2.05) is 41.3 Å². The fourth-order valence-electron chi connectivity index (χ4n) is 3.62. The first-order chi connectivity index (χ1) is 12.8. The third-order valence-corrected chi connectivity index (χ3v) is 5.08. The van der Waals surface area contributed by atoms with Crippen LogP contribution in [0.4, 0.5) is 0 Å². The molecule has 2 aromatic rings. The number of carbonyl (C=O) groups excluding carboxylic acids is 1.